The fourth-order valence-corrected chi connectivity index (χ4v) is 2.50. The van der Waals surface area contributed by atoms with Crippen LogP contribution in [-0.4, -0.2) is 146 Å². The molecule has 0 aromatic carbocycles. The van der Waals surface area contributed by atoms with Gasteiger partial charge in [-0.1, -0.05) is 13.3 Å². The van der Waals surface area contributed by atoms with E-state index in [0.717, 1.165) is 26.0 Å². The van der Waals surface area contributed by atoms with Crippen molar-refractivity contribution in [1.82, 2.24) is 5.32 Å². The van der Waals surface area contributed by atoms with Crippen molar-refractivity contribution in [3.63, 3.8) is 0 Å². The maximum atomic E-state index is 5.46. The summed E-state index contributed by atoms with van der Waals surface area (Å²) < 4.78 is 54.3. The Labute approximate surface area is 218 Å². The fourth-order valence-electron chi connectivity index (χ4n) is 2.50. The van der Waals surface area contributed by atoms with Crippen molar-refractivity contribution in [2.24, 2.45) is 0 Å². The molecule has 1 N–H and O–H groups in total. The summed E-state index contributed by atoms with van der Waals surface area (Å²) in [4.78, 5) is 0. The lowest BCUT2D eigenvalue weighted by atomic mass is 10.4. The monoisotopic (exact) mass is 527 g/mol. The predicted molar refractivity (Wildman–Crippen MR) is 137 cm³/mol. The van der Waals surface area contributed by atoms with E-state index in [1.807, 2.05) is 7.05 Å². The largest absolute Gasteiger partial charge is 0.379 e. The van der Waals surface area contributed by atoms with E-state index in [-0.39, 0.29) is 0 Å². The zero-order valence-corrected chi connectivity index (χ0v) is 22.8. The summed E-state index contributed by atoms with van der Waals surface area (Å²) in [5.41, 5.74) is 0. The summed E-state index contributed by atoms with van der Waals surface area (Å²) in [6.07, 6.45) is 2.25. The summed E-state index contributed by atoms with van der Waals surface area (Å²) in [5.74, 6) is 0. The standard InChI is InChI=1S/C25H53NO10/c1-3-4-6-27-8-10-29-12-14-31-16-18-33-20-22-35-24-25-36-23-21-34-19-17-32-15-13-30-11-9-28-7-5-26-2/h26H,3-25H2,1-2H3. The molecule has 0 aromatic heterocycles. The van der Waals surface area contributed by atoms with Crippen molar-refractivity contribution in [2.75, 3.05) is 146 Å². The minimum atomic E-state index is 0.530. The summed E-state index contributed by atoms with van der Waals surface area (Å²) >= 11 is 0. The van der Waals surface area contributed by atoms with Crippen molar-refractivity contribution < 1.29 is 47.4 Å². The van der Waals surface area contributed by atoms with Crippen molar-refractivity contribution in [2.45, 2.75) is 19.8 Å². The molecule has 0 aliphatic heterocycles. The molecule has 36 heavy (non-hydrogen) atoms. The fraction of sp³-hybridized carbons (Fsp3) is 1.00. The van der Waals surface area contributed by atoms with Crippen LogP contribution in [0.3, 0.4) is 0 Å². The first-order chi connectivity index (χ1) is 17.9. The smallest absolute Gasteiger partial charge is 0.0701 e. The molecule has 11 heteroatoms. The lowest BCUT2D eigenvalue weighted by Crippen LogP contribution is -2.17. The Hall–Kier alpha value is -0.440. The summed E-state index contributed by atoms with van der Waals surface area (Å²) in [5, 5.41) is 3.02. The van der Waals surface area contributed by atoms with Crippen LogP contribution in [-0.2, 0) is 47.4 Å². The number of rotatable bonds is 33. The molecule has 0 saturated heterocycles. The summed E-state index contributed by atoms with van der Waals surface area (Å²) in [6, 6.07) is 0. The second kappa shape index (κ2) is 34.6. The first-order valence-electron chi connectivity index (χ1n) is 13.3. The van der Waals surface area contributed by atoms with Gasteiger partial charge in [0.2, 0.25) is 0 Å². The van der Waals surface area contributed by atoms with E-state index in [0.29, 0.717) is 126 Å². The van der Waals surface area contributed by atoms with Crippen molar-refractivity contribution >= 4 is 0 Å². The molecule has 0 aliphatic carbocycles. The lowest BCUT2D eigenvalue weighted by molar-refractivity contribution is -0.0263. The first-order valence-corrected chi connectivity index (χ1v) is 13.3. The Morgan fingerprint density at radius 2 is 0.556 bits per heavy atom. The van der Waals surface area contributed by atoms with Crippen LogP contribution >= 0.6 is 0 Å². The van der Waals surface area contributed by atoms with Gasteiger partial charge in [0.25, 0.3) is 0 Å². The zero-order valence-electron chi connectivity index (χ0n) is 22.8. The van der Waals surface area contributed by atoms with Crippen LogP contribution in [0.1, 0.15) is 19.8 Å². The van der Waals surface area contributed by atoms with Crippen molar-refractivity contribution in [3.8, 4) is 0 Å². The average Bonchev–Trinajstić information content (AvgIpc) is 2.89. The highest BCUT2D eigenvalue weighted by Gasteiger charge is 1.96. The van der Waals surface area contributed by atoms with Crippen LogP contribution in [0.2, 0.25) is 0 Å². The van der Waals surface area contributed by atoms with Gasteiger partial charge < -0.3 is 52.7 Å². The molecular weight excluding hydrogens is 474 g/mol. The lowest BCUT2D eigenvalue weighted by Gasteiger charge is -2.09. The quantitative estimate of drug-likeness (QED) is 0.124. The number of hydrogen-bond donors (Lipinski definition) is 1. The molecule has 218 valence electrons. The second-order valence-electron chi connectivity index (χ2n) is 7.58. The van der Waals surface area contributed by atoms with Gasteiger partial charge >= 0.3 is 0 Å². The number of ether oxygens (including phenoxy) is 10. The van der Waals surface area contributed by atoms with Crippen LogP contribution in [0.4, 0.5) is 0 Å². The molecule has 11 nitrogen and oxygen atoms in total. The van der Waals surface area contributed by atoms with Gasteiger partial charge in [0.05, 0.1) is 126 Å². The van der Waals surface area contributed by atoms with Crippen LogP contribution < -0.4 is 5.32 Å². The van der Waals surface area contributed by atoms with Crippen LogP contribution in [0.15, 0.2) is 0 Å². The normalized spacial score (nSPS) is 11.5. The molecule has 0 radical (unpaired) electrons. The van der Waals surface area contributed by atoms with Crippen molar-refractivity contribution in [3.05, 3.63) is 0 Å². The van der Waals surface area contributed by atoms with Gasteiger partial charge in [0.1, 0.15) is 0 Å². The van der Waals surface area contributed by atoms with Gasteiger partial charge in [-0.15, -0.1) is 0 Å². The number of hydrogen-bond acceptors (Lipinski definition) is 11. The molecule has 0 spiro atoms. The molecule has 0 aromatic rings. The Morgan fingerprint density at radius 3 is 0.778 bits per heavy atom. The number of nitrogens with one attached hydrogen (secondary N) is 1. The molecule has 0 atom stereocenters. The highest BCUT2D eigenvalue weighted by molar-refractivity contribution is 4.39. The minimum absolute atomic E-state index is 0.530. The minimum Gasteiger partial charge on any atom is -0.379 e. The van der Waals surface area contributed by atoms with Gasteiger partial charge in [0.15, 0.2) is 0 Å². The van der Waals surface area contributed by atoms with Crippen LogP contribution in [0.25, 0.3) is 0 Å². The van der Waals surface area contributed by atoms with Crippen molar-refractivity contribution in [1.29, 1.82) is 0 Å². The number of likely N-dealkylation sites (N-methyl/N-ethyl adjacent to an activating group) is 1. The predicted octanol–water partition coefficient (Wildman–Crippen LogP) is 1.17. The van der Waals surface area contributed by atoms with Gasteiger partial charge in [-0.25, -0.2) is 0 Å². The highest BCUT2D eigenvalue weighted by Crippen LogP contribution is 1.89. The van der Waals surface area contributed by atoms with E-state index in [2.05, 4.69) is 12.2 Å². The molecule has 0 heterocycles. The maximum Gasteiger partial charge on any atom is 0.0701 e. The van der Waals surface area contributed by atoms with Gasteiger partial charge in [-0.2, -0.15) is 0 Å². The zero-order chi connectivity index (χ0) is 26.0. The molecule has 0 aliphatic rings. The number of unbranched alkanes of at least 4 members (excludes halogenated alkanes) is 1. The van der Waals surface area contributed by atoms with Gasteiger partial charge in [-0.05, 0) is 13.5 Å². The first kappa shape index (κ1) is 35.6. The van der Waals surface area contributed by atoms with Gasteiger partial charge in [0, 0.05) is 13.2 Å². The third-order valence-corrected chi connectivity index (χ3v) is 4.49. The Morgan fingerprint density at radius 1 is 0.333 bits per heavy atom. The molecular formula is C25H53NO10. The molecule has 0 rings (SSSR count). The third kappa shape index (κ3) is 33.6. The van der Waals surface area contributed by atoms with Crippen LogP contribution in [0, 0.1) is 0 Å². The van der Waals surface area contributed by atoms with Gasteiger partial charge in [-0.3, -0.25) is 0 Å². The summed E-state index contributed by atoms with van der Waals surface area (Å²) in [7, 11) is 1.90. The Bertz CT molecular complexity index is 349. The van der Waals surface area contributed by atoms with E-state index >= 15 is 0 Å². The van der Waals surface area contributed by atoms with Crippen LogP contribution in [0.5, 0.6) is 0 Å². The Kier molecular flexibility index (Phi) is 34.1. The maximum absolute atomic E-state index is 5.46. The van der Waals surface area contributed by atoms with E-state index in [4.69, 9.17) is 47.4 Å². The second-order valence-corrected chi connectivity index (χ2v) is 7.58. The Balaban J connectivity index is 3.00. The summed E-state index contributed by atoms with van der Waals surface area (Å²) in [6.45, 7) is 14.5. The molecule has 0 saturated carbocycles. The molecule has 0 unspecified atom stereocenters. The topological polar surface area (TPSA) is 104 Å². The van der Waals surface area contributed by atoms with E-state index < -0.39 is 0 Å². The SMILES string of the molecule is CCCCOCCOCCOCCOCCOCCOCCOCCOCCOCCOCCNC. The van der Waals surface area contributed by atoms with E-state index in [1.54, 1.807) is 0 Å². The molecule has 0 amide bonds. The van der Waals surface area contributed by atoms with E-state index in [1.165, 1.54) is 0 Å². The van der Waals surface area contributed by atoms with E-state index in [9.17, 15) is 0 Å². The third-order valence-electron chi connectivity index (χ3n) is 4.49. The average molecular weight is 528 g/mol. The molecule has 0 fully saturated rings. The highest BCUT2D eigenvalue weighted by atomic mass is 16.6. The molecule has 0 bridgehead atoms.